The number of para-hydroxylation sites is 2. The third-order valence-corrected chi connectivity index (χ3v) is 8.32. The molecule has 0 unspecified atom stereocenters. The lowest BCUT2D eigenvalue weighted by atomic mass is 10.1. The minimum absolute atomic E-state index is 0.467. The van der Waals surface area contributed by atoms with Crippen LogP contribution in [0.5, 0.6) is 57.5 Å². The van der Waals surface area contributed by atoms with Gasteiger partial charge in [-0.05, 0) is 97.1 Å². The van der Waals surface area contributed by atoms with Crippen LogP contribution in [0.15, 0.2) is 109 Å². The van der Waals surface area contributed by atoms with Gasteiger partial charge < -0.3 is 46.6 Å². The van der Waals surface area contributed by atoms with Crippen LogP contribution in [-0.2, 0) is 24.7 Å². The number of hydrogen-bond donors (Lipinski definition) is 4. The molecule has 0 aliphatic carbocycles. The van der Waals surface area contributed by atoms with Gasteiger partial charge in [0.1, 0.15) is 23.0 Å². The molecule has 0 saturated heterocycles. The van der Waals surface area contributed by atoms with Gasteiger partial charge in [0, 0.05) is 22.7 Å². The van der Waals surface area contributed by atoms with E-state index in [9.17, 15) is 52.7 Å². The molecule has 8 N–H and O–H groups in total. The van der Waals surface area contributed by atoms with Gasteiger partial charge in [-0.3, -0.25) is 0 Å². The SMILES string of the molecule is Nc1ccc(Oc2cccc(Oc3cccc(Oc4ccc(N)c(C(F)(F)F)c4)c3Oc3ccc(N)c(C(F)(F)F)c3)c2Oc2ccc(N)c(C(F)(F)F)c2)cc1C(F)(F)F. The number of nitrogen functional groups attached to an aromatic ring is 4. The van der Waals surface area contributed by atoms with Gasteiger partial charge in [0.05, 0.1) is 22.3 Å². The zero-order valence-electron chi connectivity index (χ0n) is 30.3. The summed E-state index contributed by atoms with van der Waals surface area (Å²) >= 11 is 0. The lowest BCUT2D eigenvalue weighted by Crippen LogP contribution is -2.09. The van der Waals surface area contributed by atoms with Crippen LogP contribution in [0.4, 0.5) is 75.4 Å². The molecule has 0 aromatic heterocycles. The minimum atomic E-state index is -4.98. The molecule has 320 valence electrons. The molecule has 0 radical (unpaired) electrons. The molecule has 0 saturated carbocycles. The van der Waals surface area contributed by atoms with Crippen molar-refractivity contribution < 1.29 is 76.4 Å². The van der Waals surface area contributed by atoms with Crippen LogP contribution in [0.25, 0.3) is 0 Å². The Labute approximate surface area is 335 Å². The maximum atomic E-state index is 13.9. The molecule has 0 heterocycles. The van der Waals surface area contributed by atoms with Gasteiger partial charge in [0.25, 0.3) is 0 Å². The summed E-state index contributed by atoms with van der Waals surface area (Å²) in [6, 6.07) is 16.7. The van der Waals surface area contributed by atoms with Crippen molar-refractivity contribution in [2.24, 2.45) is 0 Å². The van der Waals surface area contributed by atoms with Crippen molar-refractivity contribution in [2.45, 2.75) is 24.7 Å². The fourth-order valence-corrected chi connectivity index (χ4v) is 5.50. The van der Waals surface area contributed by atoms with E-state index in [1.54, 1.807) is 0 Å². The van der Waals surface area contributed by atoms with E-state index in [0.717, 1.165) is 72.8 Å². The standard InChI is InChI=1S/C40H26F12N4O5/c41-37(42,43)23-15-19(7-11-27(23)53)57-31-3-1-5-33(35(31)59-21-9-13-29(55)25(17-21)39(47,48)49)61-34-6-2-4-32(58-20-8-12-28(54)24(16-20)38(44,45)46)36(34)60-22-10-14-30(56)26(18-22)40(50,51)52/h1-18H,53-56H2. The van der Waals surface area contributed by atoms with E-state index in [0.29, 0.717) is 24.3 Å². The zero-order valence-corrected chi connectivity index (χ0v) is 30.3. The van der Waals surface area contributed by atoms with Crippen molar-refractivity contribution in [1.82, 2.24) is 0 Å². The van der Waals surface area contributed by atoms with E-state index in [-0.39, 0.29) is 0 Å². The van der Waals surface area contributed by atoms with Gasteiger partial charge >= 0.3 is 24.7 Å². The molecule has 0 bridgehead atoms. The Morgan fingerprint density at radius 1 is 0.295 bits per heavy atom. The number of rotatable bonds is 10. The molecule has 0 fully saturated rings. The summed E-state index contributed by atoms with van der Waals surface area (Å²) in [5.41, 5.74) is 14.1. The van der Waals surface area contributed by atoms with Crippen molar-refractivity contribution in [2.75, 3.05) is 22.9 Å². The Balaban J connectivity index is 1.51. The van der Waals surface area contributed by atoms with Crippen molar-refractivity contribution in [3.63, 3.8) is 0 Å². The molecule has 21 heteroatoms. The maximum absolute atomic E-state index is 13.9. The first-order valence-electron chi connectivity index (χ1n) is 16.9. The Bertz CT molecular complexity index is 2420. The molecular weight excluding hydrogens is 844 g/mol. The van der Waals surface area contributed by atoms with Gasteiger partial charge in [-0.1, -0.05) is 12.1 Å². The van der Waals surface area contributed by atoms with Crippen LogP contribution in [-0.4, -0.2) is 0 Å². The molecule has 61 heavy (non-hydrogen) atoms. The van der Waals surface area contributed by atoms with Crippen LogP contribution in [0, 0.1) is 0 Å². The van der Waals surface area contributed by atoms with Crippen molar-refractivity contribution >= 4 is 22.7 Å². The van der Waals surface area contributed by atoms with Gasteiger partial charge in [-0.15, -0.1) is 0 Å². The Hall–Kier alpha value is -7.32. The van der Waals surface area contributed by atoms with Gasteiger partial charge in [-0.25, -0.2) is 0 Å². The van der Waals surface area contributed by atoms with Crippen LogP contribution in [0.3, 0.4) is 0 Å². The van der Waals surface area contributed by atoms with Crippen molar-refractivity contribution in [1.29, 1.82) is 0 Å². The van der Waals surface area contributed by atoms with Gasteiger partial charge in [-0.2, -0.15) is 52.7 Å². The molecule has 9 nitrogen and oxygen atoms in total. The molecule has 0 amide bonds. The Morgan fingerprint density at radius 2 is 0.525 bits per heavy atom. The Morgan fingerprint density at radius 3 is 0.770 bits per heavy atom. The predicted molar refractivity (Wildman–Crippen MR) is 197 cm³/mol. The average Bonchev–Trinajstić information content (AvgIpc) is 3.15. The molecule has 0 aliphatic heterocycles. The van der Waals surface area contributed by atoms with E-state index in [1.807, 2.05) is 0 Å². The summed E-state index contributed by atoms with van der Waals surface area (Å²) < 4.78 is 195. The van der Waals surface area contributed by atoms with Crippen LogP contribution in [0.2, 0.25) is 0 Å². The molecule has 0 aliphatic rings. The maximum Gasteiger partial charge on any atom is 0.418 e. The number of benzene rings is 6. The van der Waals surface area contributed by atoms with E-state index in [4.69, 9.17) is 46.6 Å². The second-order valence-electron chi connectivity index (χ2n) is 12.7. The van der Waals surface area contributed by atoms with Crippen LogP contribution < -0.4 is 46.6 Å². The number of hydrogen-bond acceptors (Lipinski definition) is 9. The minimum Gasteiger partial charge on any atom is -0.453 e. The highest BCUT2D eigenvalue weighted by Crippen LogP contribution is 2.51. The second-order valence-corrected chi connectivity index (χ2v) is 12.7. The quantitative estimate of drug-likeness (QED) is 0.0779. The second kappa shape index (κ2) is 16.0. The molecule has 0 spiro atoms. The molecule has 0 atom stereocenters. The highest BCUT2D eigenvalue weighted by atomic mass is 19.4. The first kappa shape index (κ1) is 43.3. The van der Waals surface area contributed by atoms with Gasteiger partial charge in [0.2, 0.25) is 11.5 Å². The zero-order chi connectivity index (χ0) is 44.7. The predicted octanol–water partition coefficient (Wildman–Crippen LogP) is 13.1. The van der Waals surface area contributed by atoms with Crippen molar-refractivity contribution in [3.8, 4) is 57.5 Å². The number of anilines is 4. The number of alkyl halides is 12. The summed E-state index contributed by atoms with van der Waals surface area (Å²) in [4.78, 5) is 0. The fraction of sp³-hybridized carbons (Fsp3) is 0.100. The largest absolute Gasteiger partial charge is 0.453 e. The van der Waals surface area contributed by atoms with E-state index in [1.165, 1.54) is 12.1 Å². The van der Waals surface area contributed by atoms with Crippen LogP contribution >= 0.6 is 0 Å². The highest BCUT2D eigenvalue weighted by molar-refractivity contribution is 5.63. The van der Waals surface area contributed by atoms with E-state index < -0.39 is 127 Å². The lowest BCUT2D eigenvalue weighted by molar-refractivity contribution is -0.137. The number of nitrogens with two attached hydrogens (primary N) is 4. The topological polar surface area (TPSA) is 150 Å². The summed E-state index contributed by atoms with van der Waals surface area (Å²) in [7, 11) is 0. The summed E-state index contributed by atoms with van der Waals surface area (Å²) in [6.07, 6.45) is -19.9. The molecule has 6 rings (SSSR count). The van der Waals surface area contributed by atoms with E-state index in [2.05, 4.69) is 0 Å². The first-order chi connectivity index (χ1) is 28.4. The fourth-order valence-electron chi connectivity index (χ4n) is 5.50. The third-order valence-electron chi connectivity index (χ3n) is 8.32. The number of halogens is 12. The third kappa shape index (κ3) is 9.94. The summed E-state index contributed by atoms with van der Waals surface area (Å²) in [5.74, 6) is -5.14. The van der Waals surface area contributed by atoms with Crippen molar-refractivity contribution in [3.05, 3.63) is 131 Å². The molecule has 6 aromatic rings. The summed E-state index contributed by atoms with van der Waals surface area (Å²) in [5, 5.41) is 0. The average molecular weight is 871 g/mol. The molecular formula is C40H26F12N4O5. The normalized spacial score (nSPS) is 12.2. The smallest absolute Gasteiger partial charge is 0.418 e. The highest BCUT2D eigenvalue weighted by Gasteiger charge is 2.37. The lowest BCUT2D eigenvalue weighted by Gasteiger charge is -2.21. The summed E-state index contributed by atoms with van der Waals surface area (Å²) in [6.45, 7) is 0. The number of ether oxygens (including phenoxy) is 5. The van der Waals surface area contributed by atoms with Crippen LogP contribution in [0.1, 0.15) is 22.3 Å². The first-order valence-corrected chi connectivity index (χ1v) is 16.9. The Kier molecular flexibility index (Phi) is 11.4. The van der Waals surface area contributed by atoms with E-state index >= 15 is 0 Å². The molecule has 6 aromatic carbocycles. The van der Waals surface area contributed by atoms with Gasteiger partial charge in [0.15, 0.2) is 23.0 Å². The monoisotopic (exact) mass is 870 g/mol.